The molecule has 0 amide bonds. The molecule has 152 valence electrons. The Kier molecular flexibility index (Phi) is 5.88. The lowest BCUT2D eigenvalue weighted by atomic mass is 10.1. The Morgan fingerprint density at radius 1 is 1.21 bits per heavy atom. The topological polar surface area (TPSA) is 131 Å². The number of nitrogens with one attached hydrogen (secondary N) is 2. The first-order chi connectivity index (χ1) is 13.8. The average Bonchev–Trinajstić information content (AvgIpc) is 3.01. The molecule has 3 aromatic rings. The number of nitrogens with zero attached hydrogens (tertiary/aromatic N) is 1. The summed E-state index contributed by atoms with van der Waals surface area (Å²) in [6.07, 6.45) is 0.660. The number of nitrogens with two attached hydrogens (primary N) is 1. The number of hydrogen-bond acceptors (Lipinski definition) is 6. The summed E-state index contributed by atoms with van der Waals surface area (Å²) in [4.78, 5) is 0.0397. The summed E-state index contributed by atoms with van der Waals surface area (Å²) in [5, 5.41) is 11.1. The van der Waals surface area contributed by atoms with Gasteiger partial charge >= 0.3 is 0 Å². The number of nitrogen functional groups attached to an aromatic ring is 1. The molecule has 0 unspecified atom stereocenters. The highest BCUT2D eigenvalue weighted by molar-refractivity contribution is 7.92. The fraction of sp³-hybridized carbons (Fsp3) is 0.200. The van der Waals surface area contributed by atoms with E-state index < -0.39 is 10.0 Å². The van der Waals surface area contributed by atoms with Gasteiger partial charge in [0.25, 0.3) is 10.0 Å². The number of benzene rings is 2. The van der Waals surface area contributed by atoms with Crippen molar-refractivity contribution >= 4 is 21.5 Å². The predicted octanol–water partition coefficient (Wildman–Crippen LogP) is 3.00. The Labute approximate surface area is 169 Å². The summed E-state index contributed by atoms with van der Waals surface area (Å²) in [6, 6.07) is 14.1. The summed E-state index contributed by atoms with van der Waals surface area (Å²) in [5.74, 6) is 0.811. The Morgan fingerprint density at radius 3 is 2.55 bits per heavy atom. The van der Waals surface area contributed by atoms with Crippen LogP contribution >= 0.6 is 0 Å². The maximum atomic E-state index is 12.6. The van der Waals surface area contributed by atoms with Crippen molar-refractivity contribution in [3.63, 3.8) is 0 Å². The molecule has 4 N–H and O–H groups in total. The summed E-state index contributed by atoms with van der Waals surface area (Å²) in [7, 11) is -3.81. The minimum atomic E-state index is -3.81. The lowest BCUT2D eigenvalue weighted by molar-refractivity contribution is 0.322. The molecule has 0 bridgehead atoms. The lowest BCUT2D eigenvalue weighted by Gasteiger charge is -2.10. The number of aryl methyl sites for hydroxylation is 2. The van der Waals surface area contributed by atoms with E-state index in [1.54, 1.807) is 50.2 Å². The zero-order valence-electron chi connectivity index (χ0n) is 16.1. The predicted molar refractivity (Wildman–Crippen MR) is 110 cm³/mol. The minimum absolute atomic E-state index is 0.0312. The number of anilines is 1. The first-order valence-electron chi connectivity index (χ1n) is 8.88. The van der Waals surface area contributed by atoms with Crippen molar-refractivity contribution in [1.29, 1.82) is 5.41 Å². The molecule has 8 nitrogen and oxygen atoms in total. The van der Waals surface area contributed by atoms with Crippen molar-refractivity contribution in [3.8, 4) is 5.75 Å². The SMILES string of the molecule is Cc1noc(C)c1S(=O)(=O)Nc1cccc(OCCc2ccc(C(=N)N)cc2)c1. The highest BCUT2D eigenvalue weighted by Gasteiger charge is 2.24. The molecule has 3 rings (SSSR count). The molecule has 1 heterocycles. The average molecular weight is 414 g/mol. The fourth-order valence-electron chi connectivity index (χ4n) is 2.85. The molecule has 0 saturated heterocycles. The second-order valence-corrected chi connectivity index (χ2v) is 8.11. The number of aromatic nitrogens is 1. The largest absolute Gasteiger partial charge is 0.493 e. The zero-order valence-corrected chi connectivity index (χ0v) is 16.9. The van der Waals surface area contributed by atoms with Crippen LogP contribution < -0.4 is 15.2 Å². The maximum Gasteiger partial charge on any atom is 0.267 e. The normalized spacial score (nSPS) is 11.2. The quantitative estimate of drug-likeness (QED) is 0.383. The fourth-order valence-corrected chi connectivity index (χ4v) is 4.23. The molecule has 0 radical (unpaired) electrons. The molecule has 0 fully saturated rings. The van der Waals surface area contributed by atoms with Crippen molar-refractivity contribution in [2.75, 3.05) is 11.3 Å². The van der Waals surface area contributed by atoms with Gasteiger partial charge in [-0.25, -0.2) is 8.42 Å². The standard InChI is InChI=1S/C20H22N4O4S/c1-13-19(14(2)28-23-13)29(25,26)24-17-4-3-5-18(12-17)27-11-10-15-6-8-16(9-7-15)20(21)22/h3-9,12,24H,10-11H2,1-2H3,(H3,21,22). The molecule has 1 aromatic heterocycles. The van der Waals surface area contributed by atoms with Crippen LogP contribution in [0.1, 0.15) is 22.6 Å². The number of rotatable bonds is 8. The summed E-state index contributed by atoms with van der Waals surface area (Å²) in [5.41, 5.74) is 7.85. The summed E-state index contributed by atoms with van der Waals surface area (Å²) < 4.78 is 38.5. The summed E-state index contributed by atoms with van der Waals surface area (Å²) >= 11 is 0. The van der Waals surface area contributed by atoms with Crippen molar-refractivity contribution in [3.05, 3.63) is 71.1 Å². The first kappa shape index (κ1) is 20.4. The molecule has 9 heteroatoms. The van der Waals surface area contributed by atoms with E-state index in [4.69, 9.17) is 20.4 Å². The third-order valence-corrected chi connectivity index (χ3v) is 5.87. The smallest absolute Gasteiger partial charge is 0.267 e. The first-order valence-corrected chi connectivity index (χ1v) is 10.4. The molecule has 0 spiro atoms. The van der Waals surface area contributed by atoms with E-state index >= 15 is 0 Å². The number of hydrogen-bond donors (Lipinski definition) is 3. The number of amidine groups is 1. The van der Waals surface area contributed by atoms with Crippen LogP contribution in [0.4, 0.5) is 5.69 Å². The van der Waals surface area contributed by atoms with Crippen LogP contribution in [0.25, 0.3) is 0 Å². The van der Waals surface area contributed by atoms with Gasteiger partial charge in [-0.1, -0.05) is 35.5 Å². The van der Waals surface area contributed by atoms with Crippen LogP contribution in [0, 0.1) is 19.3 Å². The van der Waals surface area contributed by atoms with Gasteiger partial charge in [0.05, 0.1) is 12.3 Å². The summed E-state index contributed by atoms with van der Waals surface area (Å²) in [6.45, 7) is 3.55. The van der Waals surface area contributed by atoms with Crippen LogP contribution in [0.5, 0.6) is 5.75 Å². The van der Waals surface area contributed by atoms with Crippen molar-refractivity contribution in [1.82, 2.24) is 5.16 Å². The van der Waals surface area contributed by atoms with Crippen LogP contribution in [0.2, 0.25) is 0 Å². The van der Waals surface area contributed by atoms with Crippen LogP contribution in [0.15, 0.2) is 57.9 Å². The van der Waals surface area contributed by atoms with Gasteiger partial charge in [0.1, 0.15) is 17.3 Å². The molecule has 0 aliphatic rings. The number of ether oxygens (including phenoxy) is 1. The van der Waals surface area contributed by atoms with Gasteiger partial charge in [0, 0.05) is 18.1 Å². The number of sulfonamides is 1. The van der Waals surface area contributed by atoms with Gasteiger partial charge in [-0.15, -0.1) is 0 Å². The van der Waals surface area contributed by atoms with Gasteiger partial charge in [0.15, 0.2) is 10.7 Å². The molecular weight excluding hydrogens is 392 g/mol. The van der Waals surface area contributed by atoms with E-state index in [2.05, 4.69) is 9.88 Å². The highest BCUT2D eigenvalue weighted by Crippen LogP contribution is 2.24. The molecule has 0 aliphatic heterocycles. The second-order valence-electron chi connectivity index (χ2n) is 6.50. The Bertz CT molecular complexity index is 1100. The van der Waals surface area contributed by atoms with Crippen LogP contribution in [-0.4, -0.2) is 26.0 Å². The van der Waals surface area contributed by atoms with E-state index in [1.165, 1.54) is 0 Å². The second kappa shape index (κ2) is 8.36. The van der Waals surface area contributed by atoms with Gasteiger partial charge in [0.2, 0.25) is 0 Å². The zero-order chi connectivity index (χ0) is 21.0. The van der Waals surface area contributed by atoms with Gasteiger partial charge in [-0.2, -0.15) is 0 Å². The van der Waals surface area contributed by atoms with Gasteiger partial charge in [-0.3, -0.25) is 10.1 Å². The molecule has 29 heavy (non-hydrogen) atoms. The Morgan fingerprint density at radius 2 is 1.93 bits per heavy atom. The van der Waals surface area contributed by atoms with Crippen LogP contribution in [0.3, 0.4) is 0 Å². The van der Waals surface area contributed by atoms with Crippen molar-refractivity contribution < 1.29 is 17.7 Å². The maximum absolute atomic E-state index is 12.6. The van der Waals surface area contributed by atoms with Crippen molar-refractivity contribution in [2.45, 2.75) is 25.2 Å². The van der Waals surface area contributed by atoms with E-state index in [1.807, 2.05) is 12.1 Å². The van der Waals surface area contributed by atoms with E-state index in [9.17, 15) is 8.42 Å². The Balaban J connectivity index is 1.63. The van der Waals surface area contributed by atoms with Gasteiger partial charge in [-0.05, 0) is 31.5 Å². The van der Waals surface area contributed by atoms with E-state index in [0.717, 1.165) is 5.56 Å². The van der Waals surface area contributed by atoms with Crippen molar-refractivity contribution in [2.24, 2.45) is 5.73 Å². The van der Waals surface area contributed by atoms with E-state index in [-0.39, 0.29) is 16.5 Å². The molecular formula is C20H22N4O4S. The third-order valence-electron chi connectivity index (χ3n) is 4.25. The monoisotopic (exact) mass is 414 g/mol. The molecule has 0 aliphatic carbocycles. The third kappa shape index (κ3) is 4.94. The molecule has 2 aromatic carbocycles. The van der Waals surface area contributed by atoms with Crippen LogP contribution in [-0.2, 0) is 16.4 Å². The molecule has 0 atom stereocenters. The Hall–Kier alpha value is -3.33. The van der Waals surface area contributed by atoms with E-state index in [0.29, 0.717) is 35.7 Å². The lowest BCUT2D eigenvalue weighted by Crippen LogP contribution is -2.14. The van der Waals surface area contributed by atoms with Gasteiger partial charge < -0.3 is 15.0 Å². The highest BCUT2D eigenvalue weighted by atomic mass is 32.2. The molecule has 0 saturated carbocycles. The minimum Gasteiger partial charge on any atom is -0.493 e.